The first-order valence-electron chi connectivity index (χ1n) is 19.5. The molecule has 3 aliphatic heterocycles. The summed E-state index contributed by atoms with van der Waals surface area (Å²) >= 11 is 6.41. The molecule has 1 saturated heterocycles. The molecule has 2 aromatic carbocycles. The minimum Gasteiger partial charge on any atom is -0.487 e. The average Bonchev–Trinajstić information content (AvgIpc) is 3.16. The first kappa shape index (κ1) is 40.0. The molecular formula is C41H59ClN4O6S. The van der Waals surface area contributed by atoms with Crippen molar-refractivity contribution in [1.29, 1.82) is 0 Å². The number of ether oxygens (including phenoxy) is 3. The van der Waals surface area contributed by atoms with Crippen molar-refractivity contribution in [3.8, 4) is 5.75 Å². The maximum atomic E-state index is 13.6. The number of nitrogens with one attached hydrogen (secondary N) is 1. The van der Waals surface area contributed by atoms with E-state index in [0.29, 0.717) is 30.3 Å². The van der Waals surface area contributed by atoms with Crippen LogP contribution in [0.4, 0.5) is 5.69 Å². The van der Waals surface area contributed by atoms with Gasteiger partial charge in [0, 0.05) is 83.8 Å². The molecular weight excluding hydrogens is 712 g/mol. The molecule has 0 aromatic heterocycles. The number of allylic oxidation sites excluding steroid dienone is 1. The molecule has 0 spiro atoms. The monoisotopic (exact) mass is 770 g/mol. The summed E-state index contributed by atoms with van der Waals surface area (Å²) in [7, 11) is -0.353. The molecule has 2 fully saturated rings. The second-order valence-electron chi connectivity index (χ2n) is 15.7. The van der Waals surface area contributed by atoms with E-state index < -0.39 is 26.8 Å². The number of hydrogen-bond donors (Lipinski definition) is 1. The number of benzene rings is 2. The molecule has 2 bridgehead atoms. The molecule has 2 aromatic rings. The standard InChI is InChI=1S/C41H59ClN4O6S/c1-30-9-7-17-41(51-4,29-45-22-20-44(21-23-45)18-8-24-50-3)37-15-12-34(37)27-46-19-6-5-10-32-25-36(42)14-11-35(32)28-52-39-16-13-33(26-38(39)46)40(47)43-53(48,49)31(30)2/h7,11,13-14,16-17,25-26,30-31,34,37H,5-6,8-10,12,15,18-24,27-29H2,1-4H3,(H,43,47)/b17-7+/t30-,31+,34-,37+,41+/m0/s1. The van der Waals surface area contributed by atoms with Crippen molar-refractivity contribution < 1.29 is 27.4 Å². The Balaban J connectivity index is 1.34. The summed E-state index contributed by atoms with van der Waals surface area (Å²) < 4.78 is 48.1. The van der Waals surface area contributed by atoms with Gasteiger partial charge in [0.15, 0.2) is 0 Å². The Morgan fingerprint density at radius 3 is 2.51 bits per heavy atom. The summed E-state index contributed by atoms with van der Waals surface area (Å²) in [6, 6.07) is 11.3. The smallest absolute Gasteiger partial charge is 0.264 e. The number of piperazine rings is 1. The number of halogens is 1. The van der Waals surface area contributed by atoms with E-state index in [0.717, 1.165) is 114 Å². The van der Waals surface area contributed by atoms with Gasteiger partial charge in [-0.1, -0.05) is 36.7 Å². The second kappa shape index (κ2) is 17.9. The van der Waals surface area contributed by atoms with Gasteiger partial charge in [-0.25, -0.2) is 13.1 Å². The Morgan fingerprint density at radius 1 is 0.981 bits per heavy atom. The summed E-state index contributed by atoms with van der Waals surface area (Å²) in [5, 5.41) is -0.0630. The Bertz CT molecular complexity index is 1700. The maximum Gasteiger partial charge on any atom is 0.264 e. The van der Waals surface area contributed by atoms with Crippen LogP contribution in [-0.4, -0.2) is 108 Å². The zero-order valence-corrected chi connectivity index (χ0v) is 33.6. The molecule has 292 valence electrons. The van der Waals surface area contributed by atoms with E-state index in [1.54, 1.807) is 20.1 Å². The molecule has 6 rings (SSSR count). The normalized spacial score (nSPS) is 29.4. The van der Waals surface area contributed by atoms with E-state index in [-0.39, 0.29) is 11.8 Å². The van der Waals surface area contributed by atoms with Crippen molar-refractivity contribution >= 4 is 33.2 Å². The van der Waals surface area contributed by atoms with E-state index in [2.05, 4.69) is 31.6 Å². The van der Waals surface area contributed by atoms with Gasteiger partial charge in [0.1, 0.15) is 18.0 Å². The van der Waals surface area contributed by atoms with E-state index in [1.807, 2.05) is 44.4 Å². The average molecular weight is 771 g/mol. The predicted molar refractivity (Wildman–Crippen MR) is 211 cm³/mol. The van der Waals surface area contributed by atoms with Gasteiger partial charge in [-0.15, -0.1) is 0 Å². The zero-order valence-electron chi connectivity index (χ0n) is 32.0. The molecule has 10 nitrogen and oxygen atoms in total. The van der Waals surface area contributed by atoms with E-state index in [4.69, 9.17) is 25.8 Å². The number of amides is 1. The molecule has 0 unspecified atom stereocenters. The minimum atomic E-state index is -3.96. The second-order valence-corrected chi connectivity index (χ2v) is 18.1. The third-order valence-electron chi connectivity index (χ3n) is 12.3. The molecule has 12 heteroatoms. The number of nitrogens with zero attached hydrogens (tertiary/aromatic N) is 3. The van der Waals surface area contributed by atoms with Crippen LogP contribution in [0, 0.1) is 17.8 Å². The lowest BCUT2D eigenvalue weighted by atomic mass is 9.63. The number of anilines is 1. The number of aryl methyl sites for hydroxylation is 1. The van der Waals surface area contributed by atoms with Gasteiger partial charge in [0.05, 0.1) is 10.9 Å². The van der Waals surface area contributed by atoms with Crippen molar-refractivity contribution in [2.75, 3.05) is 78.1 Å². The third-order valence-corrected chi connectivity index (χ3v) is 14.5. The molecule has 4 aliphatic rings. The van der Waals surface area contributed by atoms with E-state index in [9.17, 15) is 13.2 Å². The van der Waals surface area contributed by atoms with Crippen LogP contribution in [-0.2, 0) is 32.5 Å². The molecule has 1 amide bonds. The van der Waals surface area contributed by atoms with Crippen LogP contribution < -0.4 is 14.4 Å². The van der Waals surface area contributed by atoms with Crippen LogP contribution in [0.3, 0.4) is 0 Å². The van der Waals surface area contributed by atoms with Crippen LogP contribution in [0.15, 0.2) is 48.6 Å². The highest BCUT2D eigenvalue weighted by molar-refractivity contribution is 7.90. The molecule has 0 radical (unpaired) electrons. The number of sulfonamides is 1. The first-order valence-corrected chi connectivity index (χ1v) is 21.5. The van der Waals surface area contributed by atoms with Crippen LogP contribution in [0.2, 0.25) is 5.02 Å². The lowest BCUT2D eigenvalue weighted by molar-refractivity contribution is -0.0954. The van der Waals surface area contributed by atoms with Gasteiger partial charge < -0.3 is 24.0 Å². The molecule has 1 aliphatic carbocycles. The topological polar surface area (TPSA) is 101 Å². The number of fused-ring (bicyclic) bond motifs is 3. The third kappa shape index (κ3) is 9.59. The van der Waals surface area contributed by atoms with Gasteiger partial charge in [0.25, 0.3) is 5.91 Å². The number of hydrogen-bond acceptors (Lipinski definition) is 9. The molecule has 1 saturated carbocycles. The first-order chi connectivity index (χ1) is 25.5. The van der Waals surface area contributed by atoms with Crippen LogP contribution in [0.1, 0.15) is 73.9 Å². The number of carbonyl (C=O) groups excluding carboxylic acids is 1. The largest absolute Gasteiger partial charge is 0.487 e. The van der Waals surface area contributed by atoms with Crippen LogP contribution in [0.5, 0.6) is 5.75 Å². The van der Waals surface area contributed by atoms with Crippen molar-refractivity contribution in [1.82, 2.24) is 14.5 Å². The quantitative estimate of drug-likeness (QED) is 0.262. The molecule has 53 heavy (non-hydrogen) atoms. The minimum absolute atomic E-state index is 0.221. The highest BCUT2D eigenvalue weighted by atomic mass is 35.5. The number of methoxy groups -OCH3 is 2. The van der Waals surface area contributed by atoms with E-state index in [1.165, 1.54) is 5.56 Å². The summed E-state index contributed by atoms with van der Waals surface area (Å²) in [6.45, 7) is 12.1. The molecule has 1 N–H and O–H groups in total. The summed E-state index contributed by atoms with van der Waals surface area (Å²) in [5.74, 6) is 0.454. The number of carbonyl (C=O) groups is 1. The Hall–Kier alpha value is -2.67. The summed E-state index contributed by atoms with van der Waals surface area (Å²) in [6.07, 6.45) is 10.9. The van der Waals surface area contributed by atoms with Crippen LogP contribution in [0.25, 0.3) is 0 Å². The highest BCUT2D eigenvalue weighted by Gasteiger charge is 2.48. The fourth-order valence-electron chi connectivity index (χ4n) is 8.58. The van der Waals surface area contributed by atoms with E-state index >= 15 is 0 Å². The fraction of sp³-hybridized carbons (Fsp3) is 0.634. The SMILES string of the molecule is COCCCN1CCN(C[C@]2(OC)/C=C/C[C@H](C)[C@@H](C)S(=O)(=O)NC(=O)c3ccc4c(c3)N(CCCCc3cc(Cl)ccc3CO4)C[C@@H]3CC[C@H]32)CC1. The highest BCUT2D eigenvalue weighted by Crippen LogP contribution is 2.47. The molecule has 3 heterocycles. The Kier molecular flexibility index (Phi) is 13.5. The fourth-order valence-corrected chi connectivity index (χ4v) is 10.1. The van der Waals surface area contributed by atoms with Crippen molar-refractivity contribution in [3.05, 3.63) is 70.3 Å². The van der Waals surface area contributed by atoms with Gasteiger partial charge in [0.2, 0.25) is 10.0 Å². The van der Waals surface area contributed by atoms with Crippen molar-refractivity contribution in [2.24, 2.45) is 17.8 Å². The lowest BCUT2D eigenvalue weighted by Gasteiger charge is -2.52. The van der Waals surface area contributed by atoms with Gasteiger partial charge in [-0.05, 0) is 111 Å². The summed E-state index contributed by atoms with van der Waals surface area (Å²) in [5.41, 5.74) is 2.87. The summed E-state index contributed by atoms with van der Waals surface area (Å²) in [4.78, 5) is 21.1. The maximum absolute atomic E-state index is 13.6. The number of rotatable bonds is 7. The van der Waals surface area contributed by atoms with Gasteiger partial charge in [-0.3, -0.25) is 9.69 Å². The van der Waals surface area contributed by atoms with Crippen molar-refractivity contribution in [3.63, 3.8) is 0 Å². The zero-order chi connectivity index (χ0) is 37.6. The molecule has 5 atom stereocenters. The lowest BCUT2D eigenvalue weighted by Crippen LogP contribution is -2.58. The Morgan fingerprint density at radius 2 is 1.77 bits per heavy atom. The van der Waals surface area contributed by atoms with Gasteiger partial charge in [-0.2, -0.15) is 0 Å². The van der Waals surface area contributed by atoms with Gasteiger partial charge >= 0.3 is 0 Å². The van der Waals surface area contributed by atoms with Crippen LogP contribution >= 0.6 is 11.6 Å². The predicted octanol–water partition coefficient (Wildman–Crippen LogP) is 6.17. The van der Waals surface area contributed by atoms with Crippen molar-refractivity contribution in [2.45, 2.75) is 76.3 Å². The Labute approximate surface area is 322 Å².